The Morgan fingerprint density at radius 1 is 1.32 bits per heavy atom. The zero-order valence-electron chi connectivity index (χ0n) is 11.6. The van der Waals surface area contributed by atoms with Crippen LogP contribution < -0.4 is 10.6 Å². The van der Waals surface area contributed by atoms with Gasteiger partial charge in [0.25, 0.3) is 0 Å². The number of nitrogens with one attached hydrogen (secondary N) is 2. The minimum Gasteiger partial charge on any atom is -0.481 e. The third-order valence-electron chi connectivity index (χ3n) is 3.45. The largest absolute Gasteiger partial charge is 0.481 e. The van der Waals surface area contributed by atoms with Crippen molar-refractivity contribution in [2.24, 2.45) is 5.92 Å². The molecule has 0 aromatic rings. The Morgan fingerprint density at radius 2 is 1.95 bits per heavy atom. The molecule has 1 amide bonds. The lowest BCUT2D eigenvalue weighted by molar-refractivity contribution is -0.143. The molecule has 1 saturated carbocycles. The van der Waals surface area contributed by atoms with Gasteiger partial charge in [-0.05, 0) is 32.6 Å². The zero-order chi connectivity index (χ0) is 14.3. The number of ether oxygens (including phenoxy) is 1. The number of carboxylic acids is 1. The van der Waals surface area contributed by atoms with Gasteiger partial charge in [0, 0.05) is 19.2 Å². The lowest BCUT2D eigenvalue weighted by Gasteiger charge is -2.26. The minimum absolute atomic E-state index is 0.00190. The van der Waals surface area contributed by atoms with E-state index in [1.54, 1.807) is 7.11 Å². The molecule has 0 aromatic heterocycles. The number of hydrogen-bond donors (Lipinski definition) is 3. The van der Waals surface area contributed by atoms with Gasteiger partial charge >= 0.3 is 5.97 Å². The molecule has 0 heterocycles. The summed E-state index contributed by atoms with van der Waals surface area (Å²) in [5.74, 6) is -0.969. The van der Waals surface area contributed by atoms with Crippen LogP contribution in [0.5, 0.6) is 0 Å². The highest BCUT2D eigenvalue weighted by Crippen LogP contribution is 2.24. The van der Waals surface area contributed by atoms with Crippen molar-refractivity contribution < 1.29 is 19.4 Å². The van der Waals surface area contributed by atoms with Crippen LogP contribution in [-0.4, -0.2) is 49.3 Å². The molecule has 0 bridgehead atoms. The molecule has 110 valence electrons. The molecular weight excluding hydrogens is 248 g/mol. The first kappa shape index (κ1) is 15.9. The van der Waals surface area contributed by atoms with Crippen LogP contribution in [0.1, 0.15) is 32.6 Å². The Kier molecular flexibility index (Phi) is 6.80. The zero-order valence-corrected chi connectivity index (χ0v) is 11.6. The summed E-state index contributed by atoms with van der Waals surface area (Å²) in [5.41, 5.74) is 0. The normalized spacial score (nSPS) is 24.7. The predicted molar refractivity (Wildman–Crippen MR) is 70.9 cm³/mol. The van der Waals surface area contributed by atoms with E-state index in [2.05, 4.69) is 10.6 Å². The Balaban J connectivity index is 2.16. The monoisotopic (exact) mass is 272 g/mol. The van der Waals surface area contributed by atoms with Crippen molar-refractivity contribution in [1.29, 1.82) is 0 Å². The fourth-order valence-corrected chi connectivity index (χ4v) is 2.40. The van der Waals surface area contributed by atoms with Crippen LogP contribution in [-0.2, 0) is 14.3 Å². The first-order chi connectivity index (χ1) is 9.02. The highest BCUT2D eigenvalue weighted by Gasteiger charge is 2.25. The van der Waals surface area contributed by atoms with Crippen LogP contribution in [0.2, 0.25) is 0 Å². The van der Waals surface area contributed by atoms with E-state index >= 15 is 0 Å². The molecule has 0 radical (unpaired) electrons. The second-order valence-corrected chi connectivity index (χ2v) is 5.19. The average molecular weight is 272 g/mol. The number of amides is 1. The molecule has 0 aliphatic heterocycles. The maximum atomic E-state index is 11.6. The summed E-state index contributed by atoms with van der Waals surface area (Å²) in [6.45, 7) is 2.66. The van der Waals surface area contributed by atoms with Crippen LogP contribution >= 0.6 is 0 Å². The molecule has 1 aliphatic rings. The van der Waals surface area contributed by atoms with Gasteiger partial charge in [0.1, 0.15) is 0 Å². The molecular formula is C13H24N2O4. The van der Waals surface area contributed by atoms with Crippen LogP contribution in [0.4, 0.5) is 0 Å². The summed E-state index contributed by atoms with van der Waals surface area (Å²) < 4.78 is 4.94. The lowest BCUT2D eigenvalue weighted by atomic mass is 9.86. The van der Waals surface area contributed by atoms with Crippen LogP contribution in [0.15, 0.2) is 0 Å². The third kappa shape index (κ3) is 6.02. The summed E-state index contributed by atoms with van der Waals surface area (Å²) in [4.78, 5) is 22.4. The Bertz CT molecular complexity index is 301. The van der Waals surface area contributed by atoms with E-state index in [1.807, 2.05) is 6.92 Å². The second kappa shape index (κ2) is 8.12. The molecule has 1 unspecified atom stereocenters. The predicted octanol–water partition coefficient (Wildman–Crippen LogP) is 0.371. The summed E-state index contributed by atoms with van der Waals surface area (Å²) in [7, 11) is 1.60. The number of aliphatic carboxylic acids is 1. The van der Waals surface area contributed by atoms with Crippen LogP contribution in [0.25, 0.3) is 0 Å². The average Bonchev–Trinajstić information content (AvgIpc) is 2.37. The number of methoxy groups -OCH3 is 1. The SMILES string of the molecule is COCC(C)NC(=O)CNC1CCC(C(=O)O)CC1. The van der Waals surface area contributed by atoms with Gasteiger partial charge in [-0.3, -0.25) is 9.59 Å². The van der Waals surface area contributed by atoms with Crippen molar-refractivity contribution in [2.75, 3.05) is 20.3 Å². The van der Waals surface area contributed by atoms with Gasteiger partial charge in [-0.25, -0.2) is 0 Å². The molecule has 1 aliphatic carbocycles. The number of carbonyl (C=O) groups excluding carboxylic acids is 1. The lowest BCUT2D eigenvalue weighted by Crippen LogP contribution is -2.44. The highest BCUT2D eigenvalue weighted by molar-refractivity contribution is 5.78. The molecule has 1 atom stereocenters. The molecule has 6 nitrogen and oxygen atoms in total. The second-order valence-electron chi connectivity index (χ2n) is 5.19. The summed E-state index contributed by atoms with van der Waals surface area (Å²) in [6, 6.07) is 0.251. The number of rotatable bonds is 7. The van der Waals surface area contributed by atoms with E-state index in [-0.39, 0.29) is 30.5 Å². The van der Waals surface area contributed by atoms with Crippen LogP contribution in [0.3, 0.4) is 0 Å². The van der Waals surface area contributed by atoms with Gasteiger partial charge in [-0.15, -0.1) is 0 Å². The molecule has 6 heteroatoms. The van der Waals surface area contributed by atoms with Crippen molar-refractivity contribution in [3.63, 3.8) is 0 Å². The van der Waals surface area contributed by atoms with Gasteiger partial charge < -0.3 is 20.5 Å². The molecule has 0 spiro atoms. The van der Waals surface area contributed by atoms with Crippen LogP contribution in [0, 0.1) is 5.92 Å². The van der Waals surface area contributed by atoms with E-state index in [1.165, 1.54) is 0 Å². The Hall–Kier alpha value is -1.14. The quantitative estimate of drug-likeness (QED) is 0.623. The summed E-state index contributed by atoms with van der Waals surface area (Å²) in [5, 5.41) is 14.9. The summed E-state index contributed by atoms with van der Waals surface area (Å²) in [6.07, 6.45) is 3.01. The van der Waals surface area contributed by atoms with E-state index in [0.717, 1.165) is 12.8 Å². The smallest absolute Gasteiger partial charge is 0.306 e. The van der Waals surface area contributed by atoms with Gasteiger partial charge in [-0.1, -0.05) is 0 Å². The molecule has 1 rings (SSSR count). The molecule has 1 fully saturated rings. The third-order valence-corrected chi connectivity index (χ3v) is 3.45. The van der Waals surface area contributed by atoms with Crippen molar-refractivity contribution >= 4 is 11.9 Å². The van der Waals surface area contributed by atoms with E-state index in [9.17, 15) is 9.59 Å². The topological polar surface area (TPSA) is 87.7 Å². The van der Waals surface area contributed by atoms with Gasteiger partial charge in [-0.2, -0.15) is 0 Å². The maximum Gasteiger partial charge on any atom is 0.306 e. The van der Waals surface area contributed by atoms with Crippen molar-refractivity contribution in [2.45, 2.75) is 44.7 Å². The number of hydrogen-bond acceptors (Lipinski definition) is 4. The molecule has 3 N–H and O–H groups in total. The molecule has 19 heavy (non-hydrogen) atoms. The van der Waals surface area contributed by atoms with Crippen molar-refractivity contribution in [3.05, 3.63) is 0 Å². The number of carboxylic acid groups (broad SMARTS) is 1. The van der Waals surface area contributed by atoms with Gasteiger partial charge in [0.15, 0.2) is 0 Å². The van der Waals surface area contributed by atoms with E-state index in [4.69, 9.17) is 9.84 Å². The Labute approximate surface area is 113 Å². The van der Waals surface area contributed by atoms with Crippen molar-refractivity contribution in [3.8, 4) is 0 Å². The standard InChI is InChI=1S/C13H24N2O4/c1-9(8-19-2)15-12(16)7-14-11-5-3-10(4-6-11)13(17)18/h9-11,14H,3-8H2,1-2H3,(H,15,16)(H,17,18). The highest BCUT2D eigenvalue weighted by atomic mass is 16.5. The first-order valence-corrected chi connectivity index (χ1v) is 6.77. The number of carbonyl (C=O) groups is 2. The minimum atomic E-state index is -0.704. The molecule has 0 aromatic carbocycles. The fraction of sp³-hybridized carbons (Fsp3) is 0.846. The first-order valence-electron chi connectivity index (χ1n) is 6.77. The van der Waals surface area contributed by atoms with E-state index < -0.39 is 5.97 Å². The Morgan fingerprint density at radius 3 is 2.47 bits per heavy atom. The fourth-order valence-electron chi connectivity index (χ4n) is 2.40. The van der Waals surface area contributed by atoms with Gasteiger partial charge in [0.2, 0.25) is 5.91 Å². The van der Waals surface area contributed by atoms with E-state index in [0.29, 0.717) is 19.4 Å². The maximum absolute atomic E-state index is 11.6. The van der Waals surface area contributed by atoms with Gasteiger partial charge in [0.05, 0.1) is 19.1 Å². The summed E-state index contributed by atoms with van der Waals surface area (Å²) >= 11 is 0. The molecule has 0 saturated heterocycles. The van der Waals surface area contributed by atoms with Crippen molar-refractivity contribution in [1.82, 2.24) is 10.6 Å².